The van der Waals surface area contributed by atoms with E-state index in [1.165, 1.54) is 83.5 Å². The molecule has 364 valence electrons. The van der Waals surface area contributed by atoms with Gasteiger partial charge in [0.2, 0.25) is 5.91 Å². The number of carbonyl (C=O) groups excluding carboxylic acids is 2. The number of ether oxygens (including phenoxy) is 1. The molecule has 0 rings (SSSR count). The Morgan fingerprint density at radius 3 is 1.67 bits per heavy atom. The van der Waals surface area contributed by atoms with E-state index in [0.29, 0.717) is 23.9 Å². The predicted molar refractivity (Wildman–Crippen MR) is 265 cm³/mol. The summed E-state index contributed by atoms with van der Waals surface area (Å²) in [5.74, 6) is -0.651. The zero-order valence-electron chi connectivity index (χ0n) is 41.3. The Balaban J connectivity index is 5.56. The maximum Gasteiger partial charge on any atom is 0.306 e. The van der Waals surface area contributed by atoms with Crippen molar-refractivity contribution in [3.63, 3.8) is 0 Å². The highest BCUT2D eigenvalue weighted by molar-refractivity contribution is 7.45. The lowest BCUT2D eigenvalue weighted by atomic mass is 10.1. The lowest BCUT2D eigenvalue weighted by Crippen LogP contribution is -2.47. The molecule has 0 aliphatic carbocycles. The van der Waals surface area contributed by atoms with E-state index in [1.807, 2.05) is 39.4 Å². The van der Waals surface area contributed by atoms with E-state index in [-0.39, 0.29) is 31.3 Å². The van der Waals surface area contributed by atoms with Gasteiger partial charge in [-0.05, 0) is 70.3 Å². The fraction of sp³-hybridized carbons (Fsp3) is 0.736. The molecular formula is C53H95N2O7P. The molecular weight excluding hydrogens is 808 g/mol. The number of amides is 1. The summed E-state index contributed by atoms with van der Waals surface area (Å²) in [6.07, 6.45) is 53.2. The Labute approximate surface area is 387 Å². The van der Waals surface area contributed by atoms with Crippen LogP contribution in [-0.2, 0) is 27.9 Å². The molecule has 0 radical (unpaired) electrons. The number of allylic oxidation sites excluding steroid dienone is 11. The van der Waals surface area contributed by atoms with Gasteiger partial charge >= 0.3 is 5.97 Å². The second kappa shape index (κ2) is 43.3. The molecule has 0 heterocycles. The smallest absolute Gasteiger partial charge is 0.306 e. The van der Waals surface area contributed by atoms with E-state index in [1.54, 1.807) is 6.08 Å². The van der Waals surface area contributed by atoms with E-state index in [9.17, 15) is 19.0 Å². The molecule has 0 fully saturated rings. The highest BCUT2D eigenvalue weighted by atomic mass is 31.2. The lowest BCUT2D eigenvalue weighted by Gasteiger charge is -2.30. The first-order valence-corrected chi connectivity index (χ1v) is 26.7. The van der Waals surface area contributed by atoms with Crippen molar-refractivity contribution in [2.75, 3.05) is 40.9 Å². The summed E-state index contributed by atoms with van der Waals surface area (Å²) >= 11 is 0. The van der Waals surface area contributed by atoms with Crippen LogP contribution in [-0.4, -0.2) is 69.4 Å². The number of phosphoric ester groups is 1. The average Bonchev–Trinajstić information content (AvgIpc) is 3.23. The van der Waals surface area contributed by atoms with Gasteiger partial charge in [-0.15, -0.1) is 0 Å². The summed E-state index contributed by atoms with van der Waals surface area (Å²) in [6, 6.07) is -0.926. The normalized spacial score (nSPS) is 14.6. The number of likely N-dealkylation sites (N-methyl/N-ethyl adjacent to an activating group) is 1. The molecule has 0 saturated heterocycles. The van der Waals surface area contributed by atoms with Crippen molar-refractivity contribution in [2.45, 2.75) is 213 Å². The van der Waals surface area contributed by atoms with Gasteiger partial charge in [0.25, 0.3) is 7.82 Å². The van der Waals surface area contributed by atoms with Gasteiger partial charge in [-0.1, -0.05) is 190 Å². The first-order valence-electron chi connectivity index (χ1n) is 25.3. The van der Waals surface area contributed by atoms with Crippen molar-refractivity contribution < 1.29 is 37.3 Å². The standard InChI is InChI=1S/C53H95N2O7P/c1-7-10-13-16-19-22-25-27-30-33-36-39-42-45-52(56)54-50(49-61-63(58,59)60-48-47-55(4,5)6)51(44-41-38-35-32-29-24-21-18-15-12-9-3)62-53(57)46-43-40-37-34-31-28-26-23-20-17-14-11-8-2/h11,14,17,20,23,26-27,30,36,39,41,44,50-51H,7-10,12-13,15-16,18-19,21-22,24-25,28-29,31-35,37-38,40,42-43,45-49H2,1-6H3,(H-,54,56,58,59)/b14-11+,20-17+,26-23-,30-27-,39-36+,44-41+. The maximum atomic E-state index is 13.4. The molecule has 0 spiro atoms. The summed E-state index contributed by atoms with van der Waals surface area (Å²) < 4.78 is 30.0. The van der Waals surface area contributed by atoms with Crippen molar-refractivity contribution in [2.24, 2.45) is 0 Å². The van der Waals surface area contributed by atoms with Crippen molar-refractivity contribution in [1.82, 2.24) is 5.32 Å². The van der Waals surface area contributed by atoms with Crippen LogP contribution in [0.25, 0.3) is 0 Å². The molecule has 1 amide bonds. The third kappa shape index (κ3) is 44.4. The van der Waals surface area contributed by atoms with E-state index < -0.39 is 26.6 Å². The van der Waals surface area contributed by atoms with Crippen LogP contribution in [0.5, 0.6) is 0 Å². The van der Waals surface area contributed by atoms with Gasteiger partial charge in [-0.25, -0.2) is 0 Å². The van der Waals surface area contributed by atoms with Crippen molar-refractivity contribution in [3.05, 3.63) is 72.9 Å². The number of phosphoric acid groups is 1. The second-order valence-corrected chi connectivity index (χ2v) is 19.4. The minimum absolute atomic E-state index is 0.0378. The van der Waals surface area contributed by atoms with Gasteiger partial charge in [0.1, 0.15) is 19.3 Å². The molecule has 10 heteroatoms. The number of unbranched alkanes of at least 4 members (excludes halogenated alkanes) is 20. The number of carbonyl (C=O) groups is 2. The van der Waals surface area contributed by atoms with Gasteiger partial charge in [0, 0.05) is 12.8 Å². The zero-order chi connectivity index (χ0) is 46.5. The molecule has 0 aromatic heterocycles. The highest BCUT2D eigenvalue weighted by Crippen LogP contribution is 2.38. The number of nitrogens with zero attached hydrogens (tertiary/aromatic N) is 1. The van der Waals surface area contributed by atoms with Crippen LogP contribution >= 0.6 is 7.82 Å². The van der Waals surface area contributed by atoms with E-state index >= 15 is 0 Å². The molecule has 0 bridgehead atoms. The Morgan fingerprint density at radius 2 is 1.10 bits per heavy atom. The topological polar surface area (TPSA) is 114 Å². The summed E-state index contributed by atoms with van der Waals surface area (Å²) in [6.45, 7) is 6.60. The molecule has 3 unspecified atom stereocenters. The minimum atomic E-state index is -4.71. The molecule has 1 N–H and O–H groups in total. The van der Waals surface area contributed by atoms with Gasteiger partial charge < -0.3 is 28.5 Å². The number of hydrogen-bond acceptors (Lipinski definition) is 7. The number of hydrogen-bond donors (Lipinski definition) is 1. The third-order valence-electron chi connectivity index (χ3n) is 10.7. The quantitative estimate of drug-likeness (QED) is 0.0162. The predicted octanol–water partition coefficient (Wildman–Crippen LogP) is 13.9. The van der Waals surface area contributed by atoms with Crippen molar-refractivity contribution in [1.29, 1.82) is 0 Å². The van der Waals surface area contributed by atoms with Gasteiger partial charge in [0.05, 0.1) is 33.8 Å². The first kappa shape index (κ1) is 60.5. The number of esters is 1. The molecule has 0 aliphatic heterocycles. The molecule has 0 aliphatic rings. The van der Waals surface area contributed by atoms with Crippen LogP contribution in [0.3, 0.4) is 0 Å². The van der Waals surface area contributed by atoms with Crippen LogP contribution in [0.4, 0.5) is 0 Å². The van der Waals surface area contributed by atoms with Gasteiger partial charge in [-0.3, -0.25) is 14.2 Å². The van der Waals surface area contributed by atoms with Crippen LogP contribution in [0.2, 0.25) is 0 Å². The zero-order valence-corrected chi connectivity index (χ0v) is 42.1. The summed E-state index contributed by atoms with van der Waals surface area (Å²) in [5, 5.41) is 2.95. The fourth-order valence-electron chi connectivity index (χ4n) is 6.75. The summed E-state index contributed by atoms with van der Waals surface area (Å²) in [7, 11) is 1.13. The Kier molecular flexibility index (Phi) is 41.6. The maximum absolute atomic E-state index is 13.4. The van der Waals surface area contributed by atoms with Crippen LogP contribution in [0, 0.1) is 0 Å². The number of nitrogens with one attached hydrogen (secondary N) is 1. The Bertz CT molecular complexity index is 1320. The van der Waals surface area contributed by atoms with Crippen molar-refractivity contribution in [3.8, 4) is 0 Å². The van der Waals surface area contributed by atoms with E-state index in [0.717, 1.165) is 70.6 Å². The molecule has 0 aromatic carbocycles. The third-order valence-corrected chi connectivity index (χ3v) is 11.7. The van der Waals surface area contributed by atoms with Gasteiger partial charge in [-0.2, -0.15) is 0 Å². The first-order chi connectivity index (χ1) is 30.4. The largest absolute Gasteiger partial charge is 0.756 e. The van der Waals surface area contributed by atoms with Crippen LogP contribution in [0.1, 0.15) is 201 Å². The van der Waals surface area contributed by atoms with Crippen LogP contribution < -0.4 is 10.2 Å². The minimum Gasteiger partial charge on any atom is -0.756 e. The monoisotopic (exact) mass is 903 g/mol. The van der Waals surface area contributed by atoms with E-state index in [4.69, 9.17) is 13.8 Å². The Hall–Kier alpha value is -2.55. The molecule has 0 aromatic rings. The van der Waals surface area contributed by atoms with Crippen LogP contribution in [0.15, 0.2) is 72.9 Å². The summed E-state index contributed by atoms with van der Waals surface area (Å²) in [5.41, 5.74) is 0. The lowest BCUT2D eigenvalue weighted by molar-refractivity contribution is -0.870. The van der Waals surface area contributed by atoms with E-state index in [2.05, 4.69) is 74.7 Å². The molecule has 0 saturated carbocycles. The summed E-state index contributed by atoms with van der Waals surface area (Å²) in [4.78, 5) is 39.5. The van der Waals surface area contributed by atoms with Gasteiger partial charge in [0.15, 0.2) is 0 Å². The fourth-order valence-corrected chi connectivity index (χ4v) is 7.47. The molecule has 9 nitrogen and oxygen atoms in total. The highest BCUT2D eigenvalue weighted by Gasteiger charge is 2.27. The number of rotatable bonds is 44. The number of quaternary nitrogens is 1. The SMILES string of the molecule is CC/C=C/C=C/C=C\CCCCCCCC(=O)OC(/C=C/CCCCCCCCCCC)C(COP(=O)([O-])OCC[N+](C)(C)C)NC(=O)CC/C=C/C/C=C\CCCCCCCC. The average molecular weight is 903 g/mol. The molecule has 3 atom stereocenters. The second-order valence-electron chi connectivity index (χ2n) is 18.0. The molecule has 63 heavy (non-hydrogen) atoms. The Morgan fingerprint density at radius 1 is 0.587 bits per heavy atom. The van der Waals surface area contributed by atoms with Crippen molar-refractivity contribution >= 4 is 19.7 Å².